The molecule has 0 aliphatic rings. The summed E-state index contributed by atoms with van der Waals surface area (Å²) in [5.41, 5.74) is 6.20. The number of carbonyl (C=O) groups excluding carboxylic acids is 2. The van der Waals surface area contributed by atoms with E-state index in [0.29, 0.717) is 23.3 Å². The quantitative estimate of drug-likeness (QED) is 0.562. The molecule has 0 atom stereocenters. The number of primary amides is 1. The molecule has 0 spiro atoms. The molecule has 1 rings (SSSR count). The third-order valence-electron chi connectivity index (χ3n) is 1.74. The maximum Gasteiger partial charge on any atom is 0.316 e. The SMILES string of the molecule is C/C(C=O)=C(\NC(N)=O)c1ccccn1. The molecule has 0 saturated heterocycles. The molecule has 1 aromatic rings. The third kappa shape index (κ3) is 2.91. The van der Waals surface area contributed by atoms with Crippen LogP contribution < -0.4 is 11.1 Å². The van der Waals surface area contributed by atoms with Crippen LogP contribution in [-0.2, 0) is 4.79 Å². The van der Waals surface area contributed by atoms with Crippen LogP contribution in [0.2, 0.25) is 0 Å². The average Bonchev–Trinajstić information content (AvgIpc) is 2.26. The summed E-state index contributed by atoms with van der Waals surface area (Å²) in [6, 6.07) is 4.44. The van der Waals surface area contributed by atoms with Gasteiger partial charge >= 0.3 is 6.03 Å². The van der Waals surface area contributed by atoms with Crippen molar-refractivity contribution in [1.82, 2.24) is 10.3 Å². The number of aromatic nitrogens is 1. The fourth-order valence-corrected chi connectivity index (χ4v) is 1.06. The first kappa shape index (κ1) is 10.9. The molecule has 78 valence electrons. The second-order valence-electron chi connectivity index (χ2n) is 2.88. The molecule has 2 amide bonds. The molecular weight excluding hydrogens is 194 g/mol. The summed E-state index contributed by atoms with van der Waals surface area (Å²) in [4.78, 5) is 25.4. The molecule has 0 aliphatic carbocycles. The number of urea groups is 1. The summed E-state index contributed by atoms with van der Waals surface area (Å²) in [6.07, 6.45) is 2.20. The number of nitrogens with one attached hydrogen (secondary N) is 1. The molecule has 0 aromatic carbocycles. The van der Waals surface area contributed by atoms with Crippen molar-refractivity contribution in [3.05, 3.63) is 35.7 Å². The standard InChI is InChI=1S/C10H11N3O2/c1-7(6-14)9(13-10(11)15)8-4-2-3-5-12-8/h2-6H,1H3,(H3,11,13,15)/b9-7+. The van der Waals surface area contributed by atoms with E-state index >= 15 is 0 Å². The lowest BCUT2D eigenvalue weighted by Crippen LogP contribution is -2.29. The van der Waals surface area contributed by atoms with Crippen molar-refractivity contribution >= 4 is 18.0 Å². The summed E-state index contributed by atoms with van der Waals surface area (Å²) < 4.78 is 0. The van der Waals surface area contributed by atoms with E-state index in [9.17, 15) is 9.59 Å². The first-order valence-electron chi connectivity index (χ1n) is 4.29. The van der Waals surface area contributed by atoms with Crippen LogP contribution in [0.4, 0.5) is 4.79 Å². The molecule has 1 heterocycles. The van der Waals surface area contributed by atoms with Gasteiger partial charge in [0.15, 0.2) is 0 Å². The van der Waals surface area contributed by atoms with Crippen molar-refractivity contribution in [2.24, 2.45) is 5.73 Å². The van der Waals surface area contributed by atoms with Crippen LogP contribution in [0.1, 0.15) is 12.6 Å². The van der Waals surface area contributed by atoms with Gasteiger partial charge in [-0.1, -0.05) is 6.07 Å². The zero-order valence-electron chi connectivity index (χ0n) is 8.23. The van der Waals surface area contributed by atoms with Gasteiger partial charge in [0.2, 0.25) is 0 Å². The first-order valence-corrected chi connectivity index (χ1v) is 4.29. The highest BCUT2D eigenvalue weighted by Crippen LogP contribution is 2.11. The highest BCUT2D eigenvalue weighted by Gasteiger charge is 2.08. The molecule has 0 aliphatic heterocycles. The van der Waals surface area contributed by atoms with Crippen molar-refractivity contribution in [2.75, 3.05) is 0 Å². The number of aldehydes is 1. The largest absolute Gasteiger partial charge is 0.351 e. The number of nitrogens with zero attached hydrogens (tertiary/aromatic N) is 1. The molecule has 3 N–H and O–H groups in total. The summed E-state index contributed by atoms with van der Waals surface area (Å²) in [7, 11) is 0. The number of amides is 2. The highest BCUT2D eigenvalue weighted by atomic mass is 16.2. The fourth-order valence-electron chi connectivity index (χ4n) is 1.06. The maximum absolute atomic E-state index is 10.7. The van der Waals surface area contributed by atoms with Crippen molar-refractivity contribution in [3.8, 4) is 0 Å². The van der Waals surface area contributed by atoms with Crippen molar-refractivity contribution < 1.29 is 9.59 Å². The van der Waals surface area contributed by atoms with Gasteiger partial charge in [-0.3, -0.25) is 9.78 Å². The number of hydrogen-bond acceptors (Lipinski definition) is 3. The van der Waals surface area contributed by atoms with Gasteiger partial charge in [0, 0.05) is 11.8 Å². The molecule has 5 nitrogen and oxygen atoms in total. The molecule has 15 heavy (non-hydrogen) atoms. The number of rotatable bonds is 3. The van der Waals surface area contributed by atoms with Gasteiger partial charge in [0.1, 0.15) is 6.29 Å². The van der Waals surface area contributed by atoms with Gasteiger partial charge < -0.3 is 11.1 Å². The number of carbonyl (C=O) groups is 2. The summed E-state index contributed by atoms with van der Waals surface area (Å²) >= 11 is 0. The normalized spacial score (nSPS) is 11.5. The van der Waals surface area contributed by atoms with Crippen LogP contribution in [0, 0.1) is 0 Å². The minimum atomic E-state index is -0.725. The maximum atomic E-state index is 10.7. The summed E-state index contributed by atoms with van der Waals surface area (Å²) in [6.45, 7) is 1.58. The second kappa shape index (κ2) is 4.90. The summed E-state index contributed by atoms with van der Waals surface area (Å²) in [5.74, 6) is 0. The van der Waals surface area contributed by atoms with Crippen LogP contribution in [0.15, 0.2) is 30.0 Å². The Balaban J connectivity index is 3.13. The van der Waals surface area contributed by atoms with Gasteiger partial charge in [0.25, 0.3) is 0 Å². The van der Waals surface area contributed by atoms with Gasteiger partial charge in [-0.25, -0.2) is 4.79 Å². The van der Waals surface area contributed by atoms with E-state index in [4.69, 9.17) is 5.73 Å². The fraction of sp³-hybridized carbons (Fsp3) is 0.100. The van der Waals surface area contributed by atoms with E-state index in [1.54, 1.807) is 31.3 Å². The van der Waals surface area contributed by atoms with E-state index in [2.05, 4.69) is 10.3 Å². The molecule has 0 radical (unpaired) electrons. The average molecular weight is 205 g/mol. The van der Waals surface area contributed by atoms with Crippen molar-refractivity contribution in [1.29, 1.82) is 0 Å². The van der Waals surface area contributed by atoms with Crippen molar-refractivity contribution in [2.45, 2.75) is 6.92 Å². The first-order chi connectivity index (χ1) is 7.15. The zero-order chi connectivity index (χ0) is 11.3. The van der Waals surface area contributed by atoms with Crippen LogP contribution in [0.3, 0.4) is 0 Å². The Morgan fingerprint density at radius 1 is 1.53 bits per heavy atom. The minimum Gasteiger partial charge on any atom is -0.351 e. The third-order valence-corrected chi connectivity index (χ3v) is 1.74. The molecule has 0 unspecified atom stereocenters. The Morgan fingerprint density at radius 3 is 2.73 bits per heavy atom. The van der Waals surface area contributed by atoms with E-state index in [0.717, 1.165) is 0 Å². The molecule has 1 aromatic heterocycles. The Bertz CT molecular complexity index is 398. The molecular formula is C10H11N3O2. The van der Waals surface area contributed by atoms with Crippen LogP contribution in [0.25, 0.3) is 5.70 Å². The minimum absolute atomic E-state index is 0.332. The number of hydrogen-bond donors (Lipinski definition) is 2. The van der Waals surface area contributed by atoms with Crippen LogP contribution >= 0.6 is 0 Å². The molecule has 5 heteroatoms. The second-order valence-corrected chi connectivity index (χ2v) is 2.88. The highest BCUT2D eigenvalue weighted by molar-refractivity contribution is 5.92. The van der Waals surface area contributed by atoms with Gasteiger partial charge in [-0.2, -0.15) is 0 Å². The predicted molar refractivity (Wildman–Crippen MR) is 55.6 cm³/mol. The number of allylic oxidation sites excluding steroid dienone is 1. The molecule has 0 bridgehead atoms. The van der Waals surface area contributed by atoms with E-state index in [1.807, 2.05) is 0 Å². The van der Waals surface area contributed by atoms with Gasteiger partial charge in [-0.05, 0) is 19.1 Å². The lowest BCUT2D eigenvalue weighted by molar-refractivity contribution is -0.104. The topological polar surface area (TPSA) is 85.1 Å². The van der Waals surface area contributed by atoms with E-state index in [1.165, 1.54) is 0 Å². The Kier molecular flexibility index (Phi) is 3.56. The van der Waals surface area contributed by atoms with E-state index < -0.39 is 6.03 Å². The number of nitrogens with two attached hydrogens (primary N) is 1. The lowest BCUT2D eigenvalue weighted by Gasteiger charge is -2.08. The van der Waals surface area contributed by atoms with Crippen LogP contribution in [-0.4, -0.2) is 17.3 Å². The Morgan fingerprint density at radius 2 is 2.27 bits per heavy atom. The molecule has 0 fully saturated rings. The van der Waals surface area contributed by atoms with Crippen LogP contribution in [0.5, 0.6) is 0 Å². The monoisotopic (exact) mass is 205 g/mol. The Hall–Kier alpha value is -2.17. The van der Waals surface area contributed by atoms with E-state index in [-0.39, 0.29) is 0 Å². The Labute approximate surface area is 87.0 Å². The van der Waals surface area contributed by atoms with Gasteiger partial charge in [-0.15, -0.1) is 0 Å². The molecule has 0 saturated carbocycles. The smallest absolute Gasteiger partial charge is 0.316 e. The zero-order valence-corrected chi connectivity index (χ0v) is 8.23. The predicted octanol–water partition coefficient (Wildman–Crippen LogP) is 0.680. The van der Waals surface area contributed by atoms with Gasteiger partial charge in [0.05, 0.1) is 11.4 Å². The number of pyridine rings is 1. The summed E-state index contributed by atoms with van der Waals surface area (Å²) in [5, 5.41) is 2.37. The lowest BCUT2D eigenvalue weighted by atomic mass is 10.2. The van der Waals surface area contributed by atoms with Crippen molar-refractivity contribution in [3.63, 3.8) is 0 Å².